The van der Waals surface area contributed by atoms with Crippen LogP contribution in [0.15, 0.2) is 38.6 Å². The van der Waals surface area contributed by atoms with Gasteiger partial charge >= 0.3 is 0 Å². The van der Waals surface area contributed by atoms with Crippen LogP contribution in [0.25, 0.3) is 0 Å². The van der Waals surface area contributed by atoms with Crippen molar-refractivity contribution in [3.05, 3.63) is 49.0 Å². The van der Waals surface area contributed by atoms with Gasteiger partial charge in [-0.2, -0.15) is 0 Å². The summed E-state index contributed by atoms with van der Waals surface area (Å²) >= 11 is 8.84. The third-order valence-corrected chi connectivity index (χ3v) is 5.05. The van der Waals surface area contributed by atoms with Gasteiger partial charge in [0.25, 0.3) is 0 Å². The van der Waals surface area contributed by atoms with Crippen molar-refractivity contribution in [2.75, 3.05) is 13.2 Å². The van der Waals surface area contributed by atoms with E-state index >= 15 is 0 Å². The molecule has 0 aliphatic carbocycles. The molecule has 1 aromatic heterocycles. The van der Waals surface area contributed by atoms with Crippen LogP contribution in [0.5, 0.6) is 5.75 Å². The van der Waals surface area contributed by atoms with Gasteiger partial charge in [-0.3, -0.25) is 0 Å². The van der Waals surface area contributed by atoms with Crippen LogP contribution >= 0.6 is 43.2 Å². The van der Waals surface area contributed by atoms with E-state index in [-0.39, 0.29) is 6.04 Å². The van der Waals surface area contributed by atoms with Gasteiger partial charge in [-0.1, -0.05) is 22.9 Å². The quantitative estimate of drug-likeness (QED) is 0.680. The molecule has 0 saturated heterocycles. The first-order valence-corrected chi connectivity index (χ1v) is 8.96. The molecule has 0 spiro atoms. The van der Waals surface area contributed by atoms with E-state index in [1.165, 1.54) is 4.88 Å². The topological polar surface area (TPSA) is 21.3 Å². The van der Waals surface area contributed by atoms with Gasteiger partial charge in [0.1, 0.15) is 5.75 Å². The second-order valence-corrected chi connectivity index (χ2v) is 7.66. The highest BCUT2D eigenvalue weighted by Crippen LogP contribution is 2.36. The predicted molar refractivity (Wildman–Crippen MR) is 92.8 cm³/mol. The Kier molecular flexibility index (Phi) is 6.08. The maximum Gasteiger partial charge on any atom is 0.124 e. The molecule has 108 valence electrons. The Morgan fingerprint density at radius 3 is 2.60 bits per heavy atom. The summed E-state index contributed by atoms with van der Waals surface area (Å²) in [7, 11) is 0. The molecule has 1 heterocycles. The first kappa shape index (κ1) is 16.0. The van der Waals surface area contributed by atoms with Crippen LogP contribution in [-0.4, -0.2) is 13.2 Å². The zero-order valence-corrected chi connectivity index (χ0v) is 15.4. The summed E-state index contributed by atoms with van der Waals surface area (Å²) in [4.78, 5) is 1.28. The summed E-state index contributed by atoms with van der Waals surface area (Å²) in [6, 6.07) is 10.6. The molecule has 0 aliphatic rings. The van der Waals surface area contributed by atoms with Gasteiger partial charge < -0.3 is 10.1 Å². The molecule has 20 heavy (non-hydrogen) atoms. The summed E-state index contributed by atoms with van der Waals surface area (Å²) in [5.41, 5.74) is 1.16. The van der Waals surface area contributed by atoms with E-state index in [9.17, 15) is 0 Å². The van der Waals surface area contributed by atoms with Crippen molar-refractivity contribution >= 4 is 43.2 Å². The van der Waals surface area contributed by atoms with Gasteiger partial charge in [0, 0.05) is 14.9 Å². The van der Waals surface area contributed by atoms with Crippen molar-refractivity contribution in [3.8, 4) is 5.75 Å². The first-order valence-electron chi connectivity index (χ1n) is 6.56. The molecule has 0 saturated carbocycles. The van der Waals surface area contributed by atoms with Gasteiger partial charge in [-0.05, 0) is 59.7 Å². The summed E-state index contributed by atoms with van der Waals surface area (Å²) in [6.45, 7) is 5.70. The second kappa shape index (κ2) is 7.59. The lowest BCUT2D eigenvalue weighted by molar-refractivity contribution is 0.333. The van der Waals surface area contributed by atoms with Crippen molar-refractivity contribution in [2.24, 2.45) is 0 Å². The molecule has 0 radical (unpaired) electrons. The van der Waals surface area contributed by atoms with E-state index in [0.29, 0.717) is 6.61 Å². The molecule has 2 nitrogen and oxygen atoms in total. The molecule has 1 unspecified atom stereocenters. The average molecular weight is 419 g/mol. The number of thiophene rings is 1. The Morgan fingerprint density at radius 2 is 2.00 bits per heavy atom. The SMILES string of the molecule is CCNC(c1ccc(Br)s1)c1cc(Br)ccc1OCC. The molecule has 0 amide bonds. The highest BCUT2D eigenvalue weighted by Gasteiger charge is 2.19. The van der Waals surface area contributed by atoms with Gasteiger partial charge in [0.05, 0.1) is 16.4 Å². The van der Waals surface area contributed by atoms with Crippen LogP contribution in [0.3, 0.4) is 0 Å². The standard InChI is InChI=1S/C15H17Br2NOS/c1-3-18-15(13-7-8-14(17)20-13)11-9-10(16)5-6-12(11)19-4-2/h5-9,15,18H,3-4H2,1-2H3. The molecule has 5 heteroatoms. The van der Waals surface area contributed by atoms with E-state index in [1.54, 1.807) is 11.3 Å². The fraction of sp³-hybridized carbons (Fsp3) is 0.333. The average Bonchev–Trinajstić information content (AvgIpc) is 2.85. The molecule has 0 bridgehead atoms. The van der Waals surface area contributed by atoms with Crippen LogP contribution in [-0.2, 0) is 0 Å². The largest absolute Gasteiger partial charge is 0.494 e. The third-order valence-electron chi connectivity index (χ3n) is 2.87. The molecular weight excluding hydrogens is 402 g/mol. The Morgan fingerprint density at radius 1 is 1.20 bits per heavy atom. The van der Waals surface area contributed by atoms with Crippen LogP contribution in [0.1, 0.15) is 30.3 Å². The van der Waals surface area contributed by atoms with Crippen LogP contribution in [0.4, 0.5) is 0 Å². The third kappa shape index (κ3) is 3.85. The van der Waals surface area contributed by atoms with Crippen molar-refractivity contribution < 1.29 is 4.74 Å². The number of nitrogens with one attached hydrogen (secondary N) is 1. The maximum atomic E-state index is 5.78. The Bertz CT molecular complexity index is 571. The summed E-state index contributed by atoms with van der Waals surface area (Å²) in [5, 5.41) is 3.54. The molecule has 2 rings (SSSR count). The lowest BCUT2D eigenvalue weighted by atomic mass is 10.0. The molecular formula is C15H17Br2NOS. The molecule has 0 aliphatic heterocycles. The van der Waals surface area contributed by atoms with Crippen molar-refractivity contribution in [1.29, 1.82) is 0 Å². The monoisotopic (exact) mass is 417 g/mol. The van der Waals surface area contributed by atoms with Gasteiger partial charge in [0.2, 0.25) is 0 Å². The van der Waals surface area contributed by atoms with Gasteiger partial charge in [0.15, 0.2) is 0 Å². The highest BCUT2D eigenvalue weighted by molar-refractivity contribution is 9.11. The molecule has 0 fully saturated rings. The van der Waals surface area contributed by atoms with E-state index < -0.39 is 0 Å². The number of hydrogen-bond acceptors (Lipinski definition) is 3. The minimum Gasteiger partial charge on any atom is -0.494 e. The number of rotatable bonds is 6. The van der Waals surface area contributed by atoms with Crippen LogP contribution in [0.2, 0.25) is 0 Å². The van der Waals surface area contributed by atoms with E-state index in [2.05, 4.69) is 62.3 Å². The van der Waals surface area contributed by atoms with Crippen molar-refractivity contribution in [1.82, 2.24) is 5.32 Å². The van der Waals surface area contributed by atoms with Crippen molar-refractivity contribution in [2.45, 2.75) is 19.9 Å². The maximum absolute atomic E-state index is 5.78. The van der Waals surface area contributed by atoms with E-state index in [0.717, 1.165) is 26.1 Å². The van der Waals surface area contributed by atoms with Gasteiger partial charge in [-0.15, -0.1) is 11.3 Å². The minimum atomic E-state index is 0.148. The fourth-order valence-electron chi connectivity index (χ4n) is 2.08. The minimum absolute atomic E-state index is 0.148. The zero-order chi connectivity index (χ0) is 14.5. The Labute approximate surface area is 140 Å². The number of halogens is 2. The Balaban J connectivity index is 2.45. The number of hydrogen-bond donors (Lipinski definition) is 1. The first-order chi connectivity index (χ1) is 9.65. The second-order valence-electron chi connectivity index (χ2n) is 4.25. The number of benzene rings is 1. The molecule has 1 N–H and O–H groups in total. The van der Waals surface area contributed by atoms with Crippen molar-refractivity contribution in [3.63, 3.8) is 0 Å². The molecule has 1 aromatic carbocycles. The summed E-state index contributed by atoms with van der Waals surface area (Å²) < 4.78 is 7.99. The van der Waals surface area contributed by atoms with Crippen LogP contribution in [0, 0.1) is 0 Å². The Hall–Kier alpha value is -0.360. The predicted octanol–water partition coefficient (Wildman–Crippen LogP) is 5.37. The van der Waals surface area contributed by atoms with Crippen LogP contribution < -0.4 is 10.1 Å². The highest BCUT2D eigenvalue weighted by atomic mass is 79.9. The fourth-order valence-corrected chi connectivity index (χ4v) is 3.98. The molecule has 2 aromatic rings. The number of ether oxygens (including phenoxy) is 1. The summed E-state index contributed by atoms with van der Waals surface area (Å²) in [5.74, 6) is 0.936. The summed E-state index contributed by atoms with van der Waals surface area (Å²) in [6.07, 6.45) is 0. The zero-order valence-electron chi connectivity index (χ0n) is 11.5. The van der Waals surface area contributed by atoms with Gasteiger partial charge in [-0.25, -0.2) is 0 Å². The molecule has 1 atom stereocenters. The smallest absolute Gasteiger partial charge is 0.124 e. The van der Waals surface area contributed by atoms with E-state index in [1.807, 2.05) is 19.1 Å². The lowest BCUT2D eigenvalue weighted by Gasteiger charge is -2.20. The normalized spacial score (nSPS) is 12.4. The van der Waals surface area contributed by atoms with E-state index in [4.69, 9.17) is 4.74 Å². The lowest BCUT2D eigenvalue weighted by Crippen LogP contribution is -2.21.